The second-order valence-corrected chi connectivity index (χ2v) is 5.38. The van der Waals surface area contributed by atoms with Crippen LogP contribution in [0.5, 0.6) is 0 Å². The van der Waals surface area contributed by atoms with Crippen molar-refractivity contribution >= 4 is 31.9 Å². The highest BCUT2D eigenvalue weighted by Gasteiger charge is 2.11. The number of benzene rings is 1. The smallest absolute Gasteiger partial charge is 0.0935 e. The van der Waals surface area contributed by atoms with Gasteiger partial charge >= 0.3 is 0 Å². The molecule has 1 aromatic carbocycles. The van der Waals surface area contributed by atoms with Crippen LogP contribution in [0.4, 0.5) is 0 Å². The van der Waals surface area contributed by atoms with Crippen LogP contribution in [0.2, 0.25) is 0 Å². The molecular weight excluding hydrogens is 334 g/mol. The summed E-state index contributed by atoms with van der Waals surface area (Å²) in [6, 6.07) is 7.91. The van der Waals surface area contributed by atoms with Gasteiger partial charge in [-0.1, -0.05) is 31.9 Å². The Morgan fingerprint density at radius 2 is 2.06 bits per heavy atom. The molecule has 0 aliphatic carbocycles. The zero-order chi connectivity index (χ0) is 11.5. The minimum Gasteiger partial charge on any atom is -0.472 e. The van der Waals surface area contributed by atoms with E-state index in [2.05, 4.69) is 31.9 Å². The van der Waals surface area contributed by atoms with Crippen LogP contribution in [0.25, 0.3) is 0 Å². The third-order valence-electron chi connectivity index (χ3n) is 2.39. The van der Waals surface area contributed by atoms with Gasteiger partial charge in [0.2, 0.25) is 0 Å². The molecule has 2 aromatic rings. The molecule has 1 heterocycles. The monoisotopic (exact) mass is 343 g/mol. The van der Waals surface area contributed by atoms with Crippen molar-refractivity contribution in [2.45, 2.75) is 12.5 Å². The summed E-state index contributed by atoms with van der Waals surface area (Å²) in [6.07, 6.45) is 4.16. The van der Waals surface area contributed by atoms with E-state index in [0.29, 0.717) is 0 Å². The highest BCUT2D eigenvalue weighted by atomic mass is 79.9. The standard InChI is InChI=1S/C12H11Br2NO/c13-9-1-2-11(14)10(6-9)12(15)5-8-3-4-16-7-8/h1-4,6-7,12H,5,15H2. The van der Waals surface area contributed by atoms with Gasteiger partial charge in [-0.3, -0.25) is 0 Å². The van der Waals surface area contributed by atoms with Gasteiger partial charge in [0.15, 0.2) is 0 Å². The highest BCUT2D eigenvalue weighted by Crippen LogP contribution is 2.27. The Hall–Kier alpha value is -0.580. The van der Waals surface area contributed by atoms with Crippen LogP contribution in [0.1, 0.15) is 17.2 Å². The number of halogens is 2. The van der Waals surface area contributed by atoms with Crippen molar-refractivity contribution in [2.24, 2.45) is 5.73 Å². The maximum absolute atomic E-state index is 6.16. The Morgan fingerprint density at radius 3 is 2.75 bits per heavy atom. The maximum atomic E-state index is 6.16. The number of hydrogen-bond acceptors (Lipinski definition) is 2. The number of rotatable bonds is 3. The first kappa shape index (κ1) is 11.9. The Bertz CT molecular complexity index is 468. The van der Waals surface area contributed by atoms with E-state index in [1.807, 2.05) is 24.3 Å². The van der Waals surface area contributed by atoms with Crippen LogP contribution in [-0.4, -0.2) is 0 Å². The lowest BCUT2D eigenvalue weighted by Crippen LogP contribution is -2.13. The SMILES string of the molecule is NC(Cc1ccoc1)c1cc(Br)ccc1Br. The molecule has 0 saturated heterocycles. The van der Waals surface area contributed by atoms with Gasteiger partial charge in [0, 0.05) is 15.0 Å². The molecule has 0 aliphatic rings. The molecule has 1 atom stereocenters. The summed E-state index contributed by atoms with van der Waals surface area (Å²) in [5, 5.41) is 0. The van der Waals surface area contributed by atoms with Gasteiger partial charge in [-0.2, -0.15) is 0 Å². The van der Waals surface area contributed by atoms with E-state index >= 15 is 0 Å². The fourth-order valence-corrected chi connectivity index (χ4v) is 2.49. The molecule has 4 heteroatoms. The second-order valence-electron chi connectivity index (χ2n) is 3.61. The van der Waals surface area contributed by atoms with Gasteiger partial charge in [0.1, 0.15) is 0 Å². The fraction of sp³-hybridized carbons (Fsp3) is 0.167. The first-order valence-corrected chi connectivity index (χ1v) is 6.47. The summed E-state index contributed by atoms with van der Waals surface area (Å²) >= 11 is 6.96. The van der Waals surface area contributed by atoms with Crippen LogP contribution < -0.4 is 5.73 Å². The van der Waals surface area contributed by atoms with Gasteiger partial charge in [-0.05, 0) is 41.8 Å². The van der Waals surface area contributed by atoms with Crippen LogP contribution in [0.3, 0.4) is 0 Å². The molecular formula is C12H11Br2NO. The molecule has 0 amide bonds. The lowest BCUT2D eigenvalue weighted by atomic mass is 10.0. The van der Waals surface area contributed by atoms with E-state index in [0.717, 1.165) is 26.5 Å². The Balaban J connectivity index is 2.20. The quantitative estimate of drug-likeness (QED) is 0.912. The lowest BCUT2D eigenvalue weighted by Gasteiger charge is -2.13. The third-order valence-corrected chi connectivity index (χ3v) is 3.61. The summed E-state index contributed by atoms with van der Waals surface area (Å²) in [7, 11) is 0. The van der Waals surface area contributed by atoms with E-state index < -0.39 is 0 Å². The summed E-state index contributed by atoms with van der Waals surface area (Å²) in [5.74, 6) is 0. The first-order chi connectivity index (χ1) is 7.66. The largest absolute Gasteiger partial charge is 0.472 e. The van der Waals surface area contributed by atoms with E-state index in [4.69, 9.17) is 10.2 Å². The van der Waals surface area contributed by atoms with Gasteiger partial charge in [0.05, 0.1) is 12.5 Å². The molecule has 16 heavy (non-hydrogen) atoms. The predicted molar refractivity (Wildman–Crippen MR) is 71.2 cm³/mol. The van der Waals surface area contributed by atoms with Crippen molar-refractivity contribution in [3.05, 3.63) is 56.9 Å². The highest BCUT2D eigenvalue weighted by molar-refractivity contribution is 9.11. The number of nitrogens with two attached hydrogens (primary N) is 1. The molecule has 0 bridgehead atoms. The molecule has 0 radical (unpaired) electrons. The van der Waals surface area contributed by atoms with Crippen LogP contribution in [0.15, 0.2) is 50.2 Å². The molecule has 0 aliphatic heterocycles. The molecule has 0 spiro atoms. The lowest BCUT2D eigenvalue weighted by molar-refractivity contribution is 0.561. The van der Waals surface area contributed by atoms with Crippen molar-refractivity contribution in [1.82, 2.24) is 0 Å². The second kappa shape index (κ2) is 5.17. The van der Waals surface area contributed by atoms with Crippen LogP contribution in [0, 0.1) is 0 Å². The topological polar surface area (TPSA) is 39.2 Å². The van der Waals surface area contributed by atoms with E-state index in [9.17, 15) is 0 Å². The molecule has 0 saturated carbocycles. The summed E-state index contributed by atoms with van der Waals surface area (Å²) in [5.41, 5.74) is 8.37. The predicted octanol–water partition coefficient (Wildman–Crippen LogP) is 4.05. The maximum Gasteiger partial charge on any atom is 0.0935 e. The van der Waals surface area contributed by atoms with E-state index in [1.165, 1.54) is 0 Å². The Morgan fingerprint density at radius 1 is 1.25 bits per heavy atom. The van der Waals surface area contributed by atoms with Gasteiger partial charge in [-0.25, -0.2) is 0 Å². The Kier molecular flexibility index (Phi) is 3.84. The normalized spacial score (nSPS) is 12.7. The van der Waals surface area contributed by atoms with Crippen molar-refractivity contribution in [3.63, 3.8) is 0 Å². The third kappa shape index (κ3) is 2.75. The molecule has 0 fully saturated rings. The Labute approximate surface area is 111 Å². The van der Waals surface area contributed by atoms with Crippen molar-refractivity contribution < 1.29 is 4.42 Å². The van der Waals surface area contributed by atoms with E-state index in [-0.39, 0.29) is 6.04 Å². The van der Waals surface area contributed by atoms with Crippen LogP contribution >= 0.6 is 31.9 Å². The average molecular weight is 345 g/mol. The number of hydrogen-bond donors (Lipinski definition) is 1. The molecule has 1 unspecified atom stereocenters. The molecule has 2 nitrogen and oxygen atoms in total. The molecule has 1 aromatic heterocycles. The van der Waals surface area contributed by atoms with Gasteiger partial charge < -0.3 is 10.2 Å². The van der Waals surface area contributed by atoms with Gasteiger partial charge in [-0.15, -0.1) is 0 Å². The zero-order valence-electron chi connectivity index (χ0n) is 8.49. The first-order valence-electron chi connectivity index (χ1n) is 4.88. The van der Waals surface area contributed by atoms with Crippen LogP contribution in [-0.2, 0) is 6.42 Å². The minimum absolute atomic E-state index is 0.0375. The van der Waals surface area contributed by atoms with E-state index in [1.54, 1.807) is 12.5 Å². The fourth-order valence-electron chi connectivity index (χ4n) is 1.57. The summed E-state index contributed by atoms with van der Waals surface area (Å²) < 4.78 is 7.10. The molecule has 2 rings (SSSR count). The summed E-state index contributed by atoms with van der Waals surface area (Å²) in [6.45, 7) is 0. The minimum atomic E-state index is -0.0375. The molecule has 84 valence electrons. The zero-order valence-corrected chi connectivity index (χ0v) is 11.7. The van der Waals surface area contributed by atoms with Crippen molar-refractivity contribution in [2.75, 3.05) is 0 Å². The summed E-state index contributed by atoms with van der Waals surface area (Å²) in [4.78, 5) is 0. The van der Waals surface area contributed by atoms with Crippen molar-refractivity contribution in [1.29, 1.82) is 0 Å². The number of furan rings is 1. The van der Waals surface area contributed by atoms with Gasteiger partial charge in [0.25, 0.3) is 0 Å². The molecule has 2 N–H and O–H groups in total. The average Bonchev–Trinajstić information content (AvgIpc) is 2.74. The van der Waals surface area contributed by atoms with Crippen molar-refractivity contribution in [3.8, 4) is 0 Å².